The Morgan fingerprint density at radius 3 is 2.48 bits per heavy atom. The number of halogens is 2. The number of carbonyl (C=O) groups excluding carboxylic acids is 1. The SMILES string of the molecule is CCOc1ccc(C(=O)Nc2ccc3nn(-c4ccc(Cl)cc4)nc3c2)cc1Cl. The second kappa shape index (κ2) is 8.11. The second-order valence-corrected chi connectivity index (χ2v) is 7.05. The third kappa shape index (κ3) is 4.18. The van der Waals surface area contributed by atoms with Crippen molar-refractivity contribution in [2.45, 2.75) is 6.92 Å². The van der Waals surface area contributed by atoms with Gasteiger partial charge in [-0.15, -0.1) is 10.2 Å². The molecule has 1 N–H and O–H groups in total. The third-order valence-electron chi connectivity index (χ3n) is 4.19. The second-order valence-electron chi connectivity index (χ2n) is 6.20. The summed E-state index contributed by atoms with van der Waals surface area (Å²) in [5, 5.41) is 12.8. The summed E-state index contributed by atoms with van der Waals surface area (Å²) in [6, 6.07) is 17.5. The molecule has 0 fully saturated rings. The number of fused-ring (bicyclic) bond motifs is 1. The van der Waals surface area contributed by atoms with E-state index in [0.29, 0.717) is 44.7 Å². The van der Waals surface area contributed by atoms with E-state index in [4.69, 9.17) is 27.9 Å². The number of benzene rings is 3. The van der Waals surface area contributed by atoms with Gasteiger partial charge in [0.2, 0.25) is 0 Å². The van der Waals surface area contributed by atoms with Crippen LogP contribution in [0.5, 0.6) is 5.75 Å². The van der Waals surface area contributed by atoms with E-state index in [-0.39, 0.29) is 5.91 Å². The number of aromatic nitrogens is 3. The number of hydrogen-bond donors (Lipinski definition) is 1. The molecule has 0 atom stereocenters. The lowest BCUT2D eigenvalue weighted by atomic mass is 10.2. The number of ether oxygens (including phenoxy) is 1. The van der Waals surface area contributed by atoms with Crippen molar-refractivity contribution in [3.8, 4) is 11.4 Å². The minimum Gasteiger partial charge on any atom is -0.492 e. The molecule has 0 aliphatic heterocycles. The zero-order valence-electron chi connectivity index (χ0n) is 15.4. The number of anilines is 1. The number of nitrogens with zero attached hydrogens (tertiary/aromatic N) is 3. The number of carbonyl (C=O) groups is 1. The smallest absolute Gasteiger partial charge is 0.255 e. The Balaban J connectivity index is 1.56. The van der Waals surface area contributed by atoms with E-state index in [1.54, 1.807) is 48.5 Å². The van der Waals surface area contributed by atoms with Crippen LogP contribution < -0.4 is 10.1 Å². The molecule has 1 heterocycles. The Labute approximate surface area is 177 Å². The van der Waals surface area contributed by atoms with E-state index in [9.17, 15) is 4.79 Å². The van der Waals surface area contributed by atoms with Crippen LogP contribution in [-0.4, -0.2) is 27.5 Å². The van der Waals surface area contributed by atoms with Crippen LogP contribution in [-0.2, 0) is 0 Å². The lowest BCUT2D eigenvalue weighted by molar-refractivity contribution is 0.102. The van der Waals surface area contributed by atoms with E-state index >= 15 is 0 Å². The topological polar surface area (TPSA) is 69.0 Å². The molecule has 3 aromatic carbocycles. The Kier molecular flexibility index (Phi) is 5.38. The first-order valence-corrected chi connectivity index (χ1v) is 9.66. The van der Waals surface area contributed by atoms with Gasteiger partial charge >= 0.3 is 0 Å². The van der Waals surface area contributed by atoms with Crippen LogP contribution in [0.25, 0.3) is 16.7 Å². The van der Waals surface area contributed by atoms with Crippen LogP contribution >= 0.6 is 23.2 Å². The molecule has 0 aliphatic rings. The molecule has 4 rings (SSSR count). The molecule has 146 valence electrons. The summed E-state index contributed by atoms with van der Waals surface area (Å²) in [5.41, 5.74) is 3.20. The Morgan fingerprint density at radius 2 is 1.76 bits per heavy atom. The van der Waals surface area contributed by atoms with Crippen molar-refractivity contribution in [1.29, 1.82) is 0 Å². The van der Waals surface area contributed by atoms with Gasteiger partial charge in [0.25, 0.3) is 5.91 Å². The van der Waals surface area contributed by atoms with Crippen molar-refractivity contribution in [3.05, 3.63) is 76.3 Å². The maximum absolute atomic E-state index is 12.6. The fourth-order valence-corrected chi connectivity index (χ4v) is 3.16. The van der Waals surface area contributed by atoms with Crippen LogP contribution in [0.2, 0.25) is 10.0 Å². The van der Waals surface area contributed by atoms with Gasteiger partial charge in [0.15, 0.2) is 0 Å². The molecule has 0 saturated heterocycles. The highest BCUT2D eigenvalue weighted by Crippen LogP contribution is 2.26. The maximum atomic E-state index is 12.6. The predicted octanol–water partition coefficient (Wildman–Crippen LogP) is 5.38. The van der Waals surface area contributed by atoms with Crippen LogP contribution in [0.1, 0.15) is 17.3 Å². The summed E-state index contributed by atoms with van der Waals surface area (Å²) in [7, 11) is 0. The molecule has 8 heteroatoms. The van der Waals surface area contributed by atoms with E-state index in [1.807, 2.05) is 19.1 Å². The van der Waals surface area contributed by atoms with Gasteiger partial charge in [0.05, 0.1) is 17.3 Å². The van der Waals surface area contributed by atoms with Gasteiger partial charge in [-0.3, -0.25) is 4.79 Å². The summed E-state index contributed by atoms with van der Waals surface area (Å²) in [4.78, 5) is 14.1. The van der Waals surface area contributed by atoms with E-state index < -0.39 is 0 Å². The monoisotopic (exact) mass is 426 g/mol. The number of nitrogens with one attached hydrogen (secondary N) is 1. The number of hydrogen-bond acceptors (Lipinski definition) is 4. The summed E-state index contributed by atoms with van der Waals surface area (Å²) < 4.78 is 5.39. The molecule has 4 aromatic rings. The van der Waals surface area contributed by atoms with Gasteiger partial charge < -0.3 is 10.1 Å². The Bertz CT molecular complexity index is 1190. The van der Waals surface area contributed by atoms with Crippen LogP contribution in [0, 0.1) is 0 Å². The lowest BCUT2D eigenvalue weighted by Crippen LogP contribution is -2.11. The lowest BCUT2D eigenvalue weighted by Gasteiger charge is -2.08. The molecule has 0 aliphatic carbocycles. The predicted molar refractivity (Wildman–Crippen MR) is 114 cm³/mol. The fourth-order valence-electron chi connectivity index (χ4n) is 2.80. The maximum Gasteiger partial charge on any atom is 0.255 e. The molecule has 0 saturated carbocycles. The van der Waals surface area contributed by atoms with Crippen LogP contribution in [0.15, 0.2) is 60.7 Å². The Morgan fingerprint density at radius 1 is 1.00 bits per heavy atom. The highest BCUT2D eigenvalue weighted by molar-refractivity contribution is 6.32. The van der Waals surface area contributed by atoms with Gasteiger partial charge in [-0.1, -0.05) is 23.2 Å². The van der Waals surface area contributed by atoms with Crippen molar-refractivity contribution in [2.24, 2.45) is 0 Å². The van der Waals surface area contributed by atoms with Crippen LogP contribution in [0.3, 0.4) is 0 Å². The van der Waals surface area contributed by atoms with Gasteiger partial charge in [-0.25, -0.2) is 0 Å². The zero-order chi connectivity index (χ0) is 20.4. The van der Waals surface area contributed by atoms with Gasteiger partial charge in [-0.05, 0) is 67.6 Å². The standard InChI is InChI=1S/C21H16Cl2N4O2/c1-2-29-20-10-3-13(11-17(20)23)21(28)24-15-6-9-18-19(12-15)26-27(25-18)16-7-4-14(22)5-8-16/h3-12H,2H2,1H3,(H,24,28). The summed E-state index contributed by atoms with van der Waals surface area (Å²) in [6.45, 7) is 2.37. The average molecular weight is 427 g/mol. The first-order chi connectivity index (χ1) is 14.0. The molecule has 0 bridgehead atoms. The highest BCUT2D eigenvalue weighted by Gasteiger charge is 2.11. The van der Waals surface area contributed by atoms with Crippen molar-refractivity contribution in [1.82, 2.24) is 15.0 Å². The first-order valence-electron chi connectivity index (χ1n) is 8.90. The first kappa shape index (κ1) is 19.2. The summed E-state index contributed by atoms with van der Waals surface area (Å²) >= 11 is 12.1. The molecule has 1 aromatic heterocycles. The molecule has 0 radical (unpaired) electrons. The third-order valence-corrected chi connectivity index (χ3v) is 4.74. The molecular weight excluding hydrogens is 411 g/mol. The summed E-state index contributed by atoms with van der Waals surface area (Å²) in [5.74, 6) is 0.269. The quantitative estimate of drug-likeness (QED) is 0.465. The highest BCUT2D eigenvalue weighted by atomic mass is 35.5. The molecule has 29 heavy (non-hydrogen) atoms. The number of rotatable bonds is 5. The molecule has 0 unspecified atom stereocenters. The molecular formula is C21H16Cl2N4O2. The summed E-state index contributed by atoms with van der Waals surface area (Å²) in [6.07, 6.45) is 0. The van der Waals surface area contributed by atoms with Crippen molar-refractivity contribution in [3.63, 3.8) is 0 Å². The minimum atomic E-state index is -0.278. The molecule has 6 nitrogen and oxygen atoms in total. The average Bonchev–Trinajstić information content (AvgIpc) is 3.13. The van der Waals surface area contributed by atoms with Crippen LogP contribution in [0.4, 0.5) is 5.69 Å². The zero-order valence-corrected chi connectivity index (χ0v) is 16.9. The fraction of sp³-hybridized carbons (Fsp3) is 0.0952. The normalized spacial score (nSPS) is 10.9. The van der Waals surface area contributed by atoms with E-state index in [0.717, 1.165) is 5.69 Å². The largest absolute Gasteiger partial charge is 0.492 e. The van der Waals surface area contributed by atoms with E-state index in [1.165, 1.54) is 4.80 Å². The van der Waals surface area contributed by atoms with Crippen molar-refractivity contribution >= 4 is 45.8 Å². The van der Waals surface area contributed by atoms with Gasteiger partial charge in [0.1, 0.15) is 16.8 Å². The number of amides is 1. The Hall–Kier alpha value is -3.09. The van der Waals surface area contributed by atoms with Gasteiger partial charge in [0, 0.05) is 16.3 Å². The minimum absolute atomic E-state index is 0.278. The van der Waals surface area contributed by atoms with E-state index in [2.05, 4.69) is 15.5 Å². The molecule has 1 amide bonds. The van der Waals surface area contributed by atoms with Gasteiger partial charge in [-0.2, -0.15) is 4.80 Å². The van der Waals surface area contributed by atoms with Crippen molar-refractivity contribution in [2.75, 3.05) is 11.9 Å². The van der Waals surface area contributed by atoms with Crippen molar-refractivity contribution < 1.29 is 9.53 Å². The molecule has 0 spiro atoms.